The molecule has 2 N–H and O–H groups in total. The lowest BCUT2D eigenvalue weighted by atomic mass is 9.81. The molecule has 1 saturated heterocycles. The average Bonchev–Trinajstić information content (AvgIpc) is 2.81. The Hall–Kier alpha value is -1.43. The highest BCUT2D eigenvalue weighted by Gasteiger charge is 2.38. The van der Waals surface area contributed by atoms with Crippen molar-refractivity contribution in [2.24, 2.45) is 11.1 Å². The SMILES string of the molecule is C[C@]1(C(N)=O)CCCN(C(=O)c2cncs2)C1. The quantitative estimate of drug-likeness (QED) is 0.849. The number of thiazole rings is 1. The van der Waals surface area contributed by atoms with Crippen molar-refractivity contribution < 1.29 is 9.59 Å². The molecule has 2 rings (SSSR count). The number of hydrogen-bond acceptors (Lipinski definition) is 4. The second kappa shape index (κ2) is 4.44. The van der Waals surface area contributed by atoms with Gasteiger partial charge in [-0.2, -0.15) is 0 Å². The maximum atomic E-state index is 12.1. The molecule has 2 amide bonds. The summed E-state index contributed by atoms with van der Waals surface area (Å²) >= 11 is 1.31. The fourth-order valence-electron chi connectivity index (χ4n) is 2.09. The first-order valence-corrected chi connectivity index (χ1v) is 6.38. The van der Waals surface area contributed by atoms with Gasteiger partial charge in [0.1, 0.15) is 4.88 Å². The molecule has 17 heavy (non-hydrogen) atoms. The fraction of sp³-hybridized carbons (Fsp3) is 0.545. The van der Waals surface area contributed by atoms with Gasteiger partial charge in [0.2, 0.25) is 5.91 Å². The highest BCUT2D eigenvalue weighted by Crippen LogP contribution is 2.30. The van der Waals surface area contributed by atoms with E-state index in [4.69, 9.17) is 5.73 Å². The van der Waals surface area contributed by atoms with Crippen LogP contribution >= 0.6 is 11.3 Å². The van der Waals surface area contributed by atoms with Gasteiger partial charge in [0.25, 0.3) is 5.91 Å². The summed E-state index contributed by atoms with van der Waals surface area (Å²) in [5.41, 5.74) is 6.43. The lowest BCUT2D eigenvalue weighted by Crippen LogP contribution is -2.50. The van der Waals surface area contributed by atoms with Gasteiger partial charge in [-0.05, 0) is 19.8 Å². The van der Waals surface area contributed by atoms with Gasteiger partial charge in [0, 0.05) is 13.1 Å². The first-order chi connectivity index (χ1) is 8.03. The molecule has 92 valence electrons. The van der Waals surface area contributed by atoms with Crippen LogP contribution in [0.1, 0.15) is 29.4 Å². The van der Waals surface area contributed by atoms with Crippen LogP contribution in [0.15, 0.2) is 11.7 Å². The molecule has 1 aliphatic heterocycles. The van der Waals surface area contributed by atoms with Gasteiger partial charge in [0.15, 0.2) is 0 Å². The van der Waals surface area contributed by atoms with Crippen molar-refractivity contribution in [3.63, 3.8) is 0 Å². The van der Waals surface area contributed by atoms with Crippen molar-refractivity contribution in [2.45, 2.75) is 19.8 Å². The van der Waals surface area contributed by atoms with Crippen LogP contribution in [0.5, 0.6) is 0 Å². The Morgan fingerprint density at radius 2 is 2.35 bits per heavy atom. The Bertz CT molecular complexity index is 432. The number of amides is 2. The summed E-state index contributed by atoms with van der Waals surface area (Å²) in [6.45, 7) is 2.90. The van der Waals surface area contributed by atoms with Crippen molar-refractivity contribution in [3.05, 3.63) is 16.6 Å². The van der Waals surface area contributed by atoms with Crippen LogP contribution in [0.2, 0.25) is 0 Å². The Kier molecular flexibility index (Phi) is 3.15. The minimum Gasteiger partial charge on any atom is -0.369 e. The van der Waals surface area contributed by atoms with Crippen molar-refractivity contribution in [1.82, 2.24) is 9.88 Å². The van der Waals surface area contributed by atoms with Crippen molar-refractivity contribution in [1.29, 1.82) is 0 Å². The number of nitrogens with zero attached hydrogens (tertiary/aromatic N) is 2. The van der Waals surface area contributed by atoms with Gasteiger partial charge in [-0.25, -0.2) is 0 Å². The second-order valence-electron chi connectivity index (χ2n) is 4.62. The lowest BCUT2D eigenvalue weighted by Gasteiger charge is -2.38. The number of nitrogens with two attached hydrogens (primary N) is 1. The zero-order valence-corrected chi connectivity index (χ0v) is 10.5. The molecule has 1 aliphatic rings. The largest absolute Gasteiger partial charge is 0.369 e. The molecule has 2 heterocycles. The van der Waals surface area contributed by atoms with Crippen molar-refractivity contribution in [3.8, 4) is 0 Å². The van der Waals surface area contributed by atoms with Crippen LogP contribution in [0.3, 0.4) is 0 Å². The van der Waals surface area contributed by atoms with Crippen LogP contribution in [-0.4, -0.2) is 34.8 Å². The first kappa shape index (κ1) is 12.0. The van der Waals surface area contributed by atoms with Gasteiger partial charge < -0.3 is 10.6 Å². The Morgan fingerprint density at radius 1 is 1.59 bits per heavy atom. The molecule has 1 aromatic heterocycles. The van der Waals surface area contributed by atoms with Crippen molar-refractivity contribution >= 4 is 23.2 Å². The maximum Gasteiger partial charge on any atom is 0.265 e. The highest BCUT2D eigenvalue weighted by atomic mass is 32.1. The smallest absolute Gasteiger partial charge is 0.265 e. The Morgan fingerprint density at radius 3 is 2.94 bits per heavy atom. The summed E-state index contributed by atoms with van der Waals surface area (Å²) in [5.74, 6) is -0.390. The minimum atomic E-state index is -0.599. The molecule has 0 radical (unpaired) electrons. The summed E-state index contributed by atoms with van der Waals surface area (Å²) < 4.78 is 0. The molecular formula is C11H15N3O2S. The second-order valence-corrected chi connectivity index (χ2v) is 5.51. The minimum absolute atomic E-state index is 0.0559. The van der Waals surface area contributed by atoms with Crippen LogP contribution < -0.4 is 5.73 Å². The summed E-state index contributed by atoms with van der Waals surface area (Å²) in [5, 5.41) is 0. The number of carbonyl (C=O) groups excluding carboxylic acids is 2. The number of aromatic nitrogens is 1. The van der Waals surface area contributed by atoms with Crippen LogP contribution in [0, 0.1) is 5.41 Å². The van der Waals surface area contributed by atoms with E-state index < -0.39 is 5.41 Å². The summed E-state index contributed by atoms with van der Waals surface area (Å²) in [6, 6.07) is 0. The van der Waals surface area contributed by atoms with E-state index in [0.29, 0.717) is 18.0 Å². The average molecular weight is 253 g/mol. The number of rotatable bonds is 2. The molecule has 1 atom stereocenters. The van der Waals surface area contributed by atoms with Gasteiger partial charge >= 0.3 is 0 Å². The van der Waals surface area contributed by atoms with Crippen LogP contribution in [-0.2, 0) is 4.79 Å². The summed E-state index contributed by atoms with van der Waals surface area (Å²) in [6.07, 6.45) is 3.11. The molecule has 1 aromatic rings. The van der Waals surface area contributed by atoms with E-state index in [1.54, 1.807) is 16.6 Å². The standard InChI is InChI=1S/C11H15N3O2S/c1-11(10(12)16)3-2-4-14(6-11)9(15)8-5-13-7-17-8/h5,7H,2-4,6H2,1H3,(H2,12,16)/t11-/m0/s1. The number of carbonyl (C=O) groups is 2. The molecule has 0 unspecified atom stereocenters. The third-order valence-corrected chi connectivity index (χ3v) is 3.98. The van der Waals surface area contributed by atoms with Crippen molar-refractivity contribution in [2.75, 3.05) is 13.1 Å². The van der Waals surface area contributed by atoms with Gasteiger partial charge in [-0.1, -0.05) is 0 Å². The third kappa shape index (κ3) is 2.31. The third-order valence-electron chi connectivity index (χ3n) is 3.22. The predicted molar refractivity (Wildman–Crippen MR) is 64.6 cm³/mol. The van der Waals surface area contributed by atoms with Crippen LogP contribution in [0.4, 0.5) is 0 Å². The number of piperidine rings is 1. The molecule has 5 nitrogen and oxygen atoms in total. The van der Waals surface area contributed by atoms with Gasteiger partial charge in [-0.15, -0.1) is 11.3 Å². The Balaban J connectivity index is 2.13. The maximum absolute atomic E-state index is 12.1. The Labute approximate surface area is 104 Å². The molecule has 0 spiro atoms. The van der Waals surface area contributed by atoms with E-state index in [1.807, 2.05) is 6.92 Å². The number of hydrogen-bond donors (Lipinski definition) is 1. The van der Waals surface area contributed by atoms with E-state index in [-0.39, 0.29) is 11.8 Å². The molecule has 0 aromatic carbocycles. The van der Waals surface area contributed by atoms with Gasteiger partial charge in [-0.3, -0.25) is 14.6 Å². The lowest BCUT2D eigenvalue weighted by molar-refractivity contribution is -0.129. The molecule has 0 saturated carbocycles. The molecule has 6 heteroatoms. The zero-order chi connectivity index (χ0) is 12.5. The summed E-state index contributed by atoms with van der Waals surface area (Å²) in [7, 11) is 0. The predicted octanol–water partition coefficient (Wildman–Crippen LogP) is 0.871. The van der Waals surface area contributed by atoms with Crippen LogP contribution in [0.25, 0.3) is 0 Å². The summed E-state index contributed by atoms with van der Waals surface area (Å²) in [4.78, 5) is 29.7. The fourth-order valence-corrected chi connectivity index (χ4v) is 2.68. The van der Waals surface area contributed by atoms with Gasteiger partial charge in [0.05, 0.1) is 17.1 Å². The first-order valence-electron chi connectivity index (χ1n) is 5.50. The molecule has 0 aliphatic carbocycles. The highest BCUT2D eigenvalue weighted by molar-refractivity contribution is 7.11. The zero-order valence-electron chi connectivity index (χ0n) is 9.68. The molecule has 1 fully saturated rings. The topological polar surface area (TPSA) is 76.3 Å². The van der Waals surface area contributed by atoms with E-state index in [0.717, 1.165) is 12.8 Å². The monoisotopic (exact) mass is 253 g/mol. The normalized spacial score (nSPS) is 24.6. The van der Waals surface area contributed by atoms with E-state index in [2.05, 4.69) is 4.98 Å². The van der Waals surface area contributed by atoms with E-state index in [1.165, 1.54) is 11.3 Å². The number of primary amides is 1. The molecular weight excluding hydrogens is 238 g/mol. The van der Waals surface area contributed by atoms with E-state index >= 15 is 0 Å². The number of likely N-dealkylation sites (tertiary alicyclic amines) is 1. The van der Waals surface area contributed by atoms with E-state index in [9.17, 15) is 9.59 Å². The molecule has 0 bridgehead atoms.